The minimum Gasteiger partial charge on any atom is -0.299 e. The van der Waals surface area contributed by atoms with Crippen molar-refractivity contribution in [3.05, 3.63) is 45.9 Å². The average molecular weight is 302 g/mol. The van der Waals surface area contributed by atoms with Crippen molar-refractivity contribution in [2.45, 2.75) is 6.54 Å². The number of amides is 2. The van der Waals surface area contributed by atoms with Crippen LogP contribution in [0.1, 0.15) is 25.9 Å². The van der Waals surface area contributed by atoms with Crippen LogP contribution in [0, 0.1) is 0 Å². The smallest absolute Gasteiger partial charge is 0.299 e. The second kappa shape index (κ2) is 5.08. The fraction of sp³-hybridized carbons (Fsp3) is 0.0769. The second-order valence-electron chi connectivity index (χ2n) is 4.36. The third kappa shape index (κ3) is 2.20. The van der Waals surface area contributed by atoms with Crippen LogP contribution >= 0.6 is 11.3 Å². The first kappa shape index (κ1) is 13.4. The number of carbonyl (C=O) groups excluding carboxylic acids is 3. The van der Waals surface area contributed by atoms with Crippen molar-refractivity contribution in [1.82, 2.24) is 10.4 Å². The number of nitrogens with zero attached hydrogens (tertiary/aromatic N) is 2. The Morgan fingerprint density at radius 3 is 2.86 bits per heavy atom. The van der Waals surface area contributed by atoms with Crippen molar-refractivity contribution in [3.63, 3.8) is 0 Å². The Morgan fingerprint density at radius 1 is 1.33 bits per heavy atom. The zero-order chi connectivity index (χ0) is 15.0. The number of ketones is 1. The number of aromatic nitrogens is 1. The van der Waals surface area contributed by atoms with Crippen LogP contribution in [0.15, 0.2) is 29.6 Å². The number of carbonyl (C=O) groups is 3. The molecule has 106 valence electrons. The molecule has 3 N–H and O–H groups in total. The van der Waals surface area contributed by atoms with Crippen LogP contribution in [0.25, 0.3) is 0 Å². The Morgan fingerprint density at radius 2 is 2.10 bits per heavy atom. The first-order valence-electron chi connectivity index (χ1n) is 6.02. The maximum atomic E-state index is 12.0. The van der Waals surface area contributed by atoms with Gasteiger partial charge >= 0.3 is 0 Å². The van der Waals surface area contributed by atoms with Gasteiger partial charge in [0.05, 0.1) is 23.5 Å². The summed E-state index contributed by atoms with van der Waals surface area (Å²) in [4.78, 5) is 40.7. The summed E-state index contributed by atoms with van der Waals surface area (Å²) >= 11 is 1.12. The predicted octanol–water partition coefficient (Wildman–Crippen LogP) is 0.476. The molecule has 0 atom stereocenters. The molecule has 1 aliphatic rings. The van der Waals surface area contributed by atoms with Gasteiger partial charge in [-0.2, -0.15) is 0 Å². The van der Waals surface area contributed by atoms with E-state index in [-0.39, 0.29) is 11.6 Å². The van der Waals surface area contributed by atoms with E-state index in [1.165, 1.54) is 4.90 Å². The molecule has 2 aromatic rings. The maximum Gasteiger partial charge on any atom is 0.299 e. The number of hydrogen-bond acceptors (Lipinski definition) is 6. The van der Waals surface area contributed by atoms with Gasteiger partial charge in [-0.1, -0.05) is 12.1 Å². The molecule has 0 bridgehead atoms. The van der Waals surface area contributed by atoms with Crippen molar-refractivity contribution in [2.24, 2.45) is 5.84 Å². The minimum atomic E-state index is -0.589. The standard InChI is InChI=1S/C13H10N4O3S/c14-16-11(19)12-15-7(6-21-12)5-17-9-4-2-1-3-8(9)10(18)13(17)20/h1-4,6H,5,14H2,(H,16,19). The van der Waals surface area contributed by atoms with Gasteiger partial charge in [-0.3, -0.25) is 24.7 Å². The average Bonchev–Trinajstić information content (AvgIpc) is 3.07. The highest BCUT2D eigenvalue weighted by Gasteiger charge is 2.35. The number of hydrazine groups is 1. The summed E-state index contributed by atoms with van der Waals surface area (Å²) in [5.74, 6) is 3.43. The highest BCUT2D eigenvalue weighted by Crippen LogP contribution is 2.30. The number of para-hydroxylation sites is 1. The Bertz CT molecular complexity index is 755. The van der Waals surface area contributed by atoms with Crippen LogP contribution in [0.4, 0.5) is 5.69 Å². The van der Waals surface area contributed by atoms with E-state index >= 15 is 0 Å². The summed E-state index contributed by atoms with van der Waals surface area (Å²) in [6, 6.07) is 6.79. The molecule has 0 saturated carbocycles. The zero-order valence-electron chi connectivity index (χ0n) is 10.7. The van der Waals surface area contributed by atoms with Gasteiger partial charge in [0.25, 0.3) is 17.6 Å². The molecule has 0 saturated heterocycles. The number of fused-ring (bicyclic) bond motifs is 1. The molecule has 0 fully saturated rings. The van der Waals surface area contributed by atoms with E-state index in [0.29, 0.717) is 16.9 Å². The fourth-order valence-electron chi connectivity index (χ4n) is 2.11. The Labute approximate surface area is 123 Å². The first-order chi connectivity index (χ1) is 10.1. The van der Waals surface area contributed by atoms with E-state index in [4.69, 9.17) is 5.84 Å². The molecule has 7 nitrogen and oxygen atoms in total. The molecule has 3 rings (SSSR count). The van der Waals surface area contributed by atoms with Crippen LogP contribution < -0.4 is 16.2 Å². The van der Waals surface area contributed by atoms with Crippen molar-refractivity contribution in [1.29, 1.82) is 0 Å². The molecule has 21 heavy (non-hydrogen) atoms. The van der Waals surface area contributed by atoms with Crippen LogP contribution in [-0.4, -0.2) is 22.6 Å². The molecular formula is C13H10N4O3S. The lowest BCUT2D eigenvalue weighted by Crippen LogP contribution is -2.30. The maximum absolute atomic E-state index is 12.0. The van der Waals surface area contributed by atoms with Crippen LogP contribution in [0.2, 0.25) is 0 Å². The number of nitrogens with two attached hydrogens (primary N) is 1. The van der Waals surface area contributed by atoms with E-state index in [1.807, 2.05) is 5.43 Å². The molecule has 8 heteroatoms. The quantitative estimate of drug-likeness (QED) is 0.371. The van der Waals surface area contributed by atoms with Crippen molar-refractivity contribution < 1.29 is 14.4 Å². The molecular weight excluding hydrogens is 292 g/mol. The predicted molar refractivity (Wildman–Crippen MR) is 75.7 cm³/mol. The first-order valence-corrected chi connectivity index (χ1v) is 6.90. The minimum absolute atomic E-state index is 0.135. The van der Waals surface area contributed by atoms with E-state index < -0.39 is 17.6 Å². The molecule has 1 aromatic heterocycles. The molecule has 0 unspecified atom stereocenters. The number of thiazole rings is 1. The lowest BCUT2D eigenvalue weighted by molar-refractivity contribution is -0.114. The van der Waals surface area contributed by atoms with E-state index in [9.17, 15) is 14.4 Å². The number of benzene rings is 1. The van der Waals surface area contributed by atoms with Gasteiger partial charge in [-0.25, -0.2) is 10.8 Å². The van der Waals surface area contributed by atoms with Crippen molar-refractivity contribution in [2.75, 3.05) is 4.90 Å². The summed E-state index contributed by atoms with van der Waals surface area (Å²) < 4.78 is 0. The van der Waals surface area contributed by atoms with E-state index in [0.717, 1.165) is 11.3 Å². The SMILES string of the molecule is NNC(=O)c1nc(CN2C(=O)C(=O)c3ccccc32)cs1. The van der Waals surface area contributed by atoms with E-state index in [2.05, 4.69) is 4.98 Å². The summed E-state index contributed by atoms with van der Waals surface area (Å²) in [5.41, 5.74) is 3.47. The summed E-state index contributed by atoms with van der Waals surface area (Å²) in [6.07, 6.45) is 0. The number of Topliss-reactive ketones (excluding diaryl/α,β-unsaturated/α-hetero) is 1. The van der Waals surface area contributed by atoms with Crippen LogP contribution in [-0.2, 0) is 11.3 Å². The lowest BCUT2D eigenvalue weighted by Gasteiger charge is -2.14. The highest BCUT2D eigenvalue weighted by atomic mass is 32.1. The summed E-state index contributed by atoms with van der Waals surface area (Å²) in [6.45, 7) is 0.135. The monoisotopic (exact) mass is 302 g/mol. The Kier molecular flexibility index (Phi) is 3.24. The molecule has 0 aliphatic carbocycles. The van der Waals surface area contributed by atoms with Crippen molar-refractivity contribution >= 4 is 34.6 Å². The van der Waals surface area contributed by atoms with Gasteiger partial charge in [-0.05, 0) is 12.1 Å². The number of anilines is 1. The molecule has 0 spiro atoms. The number of rotatable bonds is 3. The zero-order valence-corrected chi connectivity index (χ0v) is 11.5. The largest absolute Gasteiger partial charge is 0.299 e. The second-order valence-corrected chi connectivity index (χ2v) is 5.21. The fourth-order valence-corrected chi connectivity index (χ4v) is 2.82. The van der Waals surface area contributed by atoms with Gasteiger partial charge < -0.3 is 0 Å². The number of nitrogen functional groups attached to an aromatic ring is 1. The highest BCUT2D eigenvalue weighted by molar-refractivity contribution is 7.11. The van der Waals surface area contributed by atoms with Crippen LogP contribution in [0.5, 0.6) is 0 Å². The third-order valence-corrected chi connectivity index (χ3v) is 3.97. The summed E-state index contributed by atoms with van der Waals surface area (Å²) in [7, 11) is 0. The normalized spacial score (nSPS) is 13.5. The lowest BCUT2D eigenvalue weighted by atomic mass is 10.1. The Balaban J connectivity index is 1.88. The molecule has 0 radical (unpaired) electrons. The number of hydrogen-bond donors (Lipinski definition) is 2. The molecule has 2 amide bonds. The molecule has 1 aliphatic heterocycles. The van der Waals surface area contributed by atoms with E-state index in [1.54, 1.807) is 29.6 Å². The molecule has 1 aromatic carbocycles. The summed E-state index contributed by atoms with van der Waals surface area (Å²) in [5, 5.41) is 1.86. The third-order valence-electron chi connectivity index (χ3n) is 3.08. The Hall–Kier alpha value is -2.58. The number of nitrogens with one attached hydrogen (secondary N) is 1. The van der Waals surface area contributed by atoms with Gasteiger partial charge in [0, 0.05) is 5.38 Å². The van der Waals surface area contributed by atoms with Gasteiger partial charge in [0.2, 0.25) is 0 Å². The van der Waals surface area contributed by atoms with Crippen LogP contribution in [0.3, 0.4) is 0 Å². The van der Waals surface area contributed by atoms with Gasteiger partial charge in [0.15, 0.2) is 5.01 Å². The van der Waals surface area contributed by atoms with Gasteiger partial charge in [-0.15, -0.1) is 11.3 Å². The van der Waals surface area contributed by atoms with Crippen molar-refractivity contribution in [3.8, 4) is 0 Å². The molecule has 2 heterocycles. The van der Waals surface area contributed by atoms with Gasteiger partial charge in [0.1, 0.15) is 0 Å². The topological polar surface area (TPSA) is 105 Å².